The summed E-state index contributed by atoms with van der Waals surface area (Å²) in [6.45, 7) is 18.0. The van der Waals surface area contributed by atoms with E-state index in [0.717, 1.165) is 13.0 Å². The van der Waals surface area contributed by atoms with Crippen molar-refractivity contribution in [1.29, 1.82) is 0 Å². The SMILES string of the molecule is C=CCC(C)CN=C.CC.CC. The average Bonchev–Trinajstić information content (AvgIpc) is 2.12. The average molecular weight is 171 g/mol. The van der Waals surface area contributed by atoms with E-state index in [4.69, 9.17) is 0 Å². The highest BCUT2D eigenvalue weighted by Gasteiger charge is 1.93. The summed E-state index contributed by atoms with van der Waals surface area (Å²) in [7, 11) is 0. The van der Waals surface area contributed by atoms with E-state index in [2.05, 4.69) is 25.2 Å². The molecule has 0 N–H and O–H groups in total. The molecule has 1 nitrogen and oxygen atoms in total. The lowest BCUT2D eigenvalue weighted by molar-refractivity contribution is 0.610. The Morgan fingerprint density at radius 2 is 1.67 bits per heavy atom. The summed E-state index contributed by atoms with van der Waals surface area (Å²) >= 11 is 0. The number of aliphatic imine (C=N–C) groups is 1. The van der Waals surface area contributed by atoms with Crippen LogP contribution in [0.15, 0.2) is 17.6 Å². The van der Waals surface area contributed by atoms with E-state index in [1.54, 1.807) is 0 Å². The standard InChI is InChI=1S/C7H13N.2C2H6/c1-4-5-7(2)6-8-3;2*1-2/h4,7H,1,3,5-6H2,2H3;2*1-2H3. The molecule has 12 heavy (non-hydrogen) atoms. The summed E-state index contributed by atoms with van der Waals surface area (Å²) in [5.74, 6) is 0.616. The lowest BCUT2D eigenvalue weighted by Gasteiger charge is -2.00. The summed E-state index contributed by atoms with van der Waals surface area (Å²) < 4.78 is 0. The van der Waals surface area contributed by atoms with Gasteiger partial charge in [0.05, 0.1) is 0 Å². The minimum Gasteiger partial charge on any atom is -0.301 e. The van der Waals surface area contributed by atoms with Crippen LogP contribution in [0.2, 0.25) is 0 Å². The van der Waals surface area contributed by atoms with Crippen LogP contribution in [0.25, 0.3) is 0 Å². The molecule has 0 spiro atoms. The van der Waals surface area contributed by atoms with Gasteiger partial charge in [-0.15, -0.1) is 6.58 Å². The van der Waals surface area contributed by atoms with Gasteiger partial charge in [-0.25, -0.2) is 0 Å². The Bertz CT molecular complexity index is 67.1. The van der Waals surface area contributed by atoms with Gasteiger partial charge in [-0.2, -0.15) is 0 Å². The highest BCUT2D eigenvalue weighted by atomic mass is 14.7. The van der Waals surface area contributed by atoms with Crippen LogP contribution in [0.1, 0.15) is 41.0 Å². The van der Waals surface area contributed by atoms with Crippen molar-refractivity contribution >= 4 is 6.72 Å². The zero-order valence-electron chi connectivity index (χ0n) is 9.43. The van der Waals surface area contributed by atoms with Crippen molar-refractivity contribution < 1.29 is 0 Å². The molecule has 1 heteroatoms. The topological polar surface area (TPSA) is 12.4 Å². The second kappa shape index (κ2) is 22.4. The largest absolute Gasteiger partial charge is 0.301 e. The molecule has 0 aliphatic carbocycles. The maximum absolute atomic E-state index is 3.76. The van der Waals surface area contributed by atoms with E-state index >= 15 is 0 Å². The summed E-state index contributed by atoms with van der Waals surface area (Å²) in [5, 5.41) is 0. The van der Waals surface area contributed by atoms with Crippen LogP contribution in [0.4, 0.5) is 0 Å². The Kier molecular flexibility index (Phi) is 32.7. The summed E-state index contributed by atoms with van der Waals surface area (Å²) in [4.78, 5) is 3.76. The van der Waals surface area contributed by atoms with Crippen LogP contribution in [-0.4, -0.2) is 13.3 Å². The van der Waals surface area contributed by atoms with Crippen LogP contribution in [-0.2, 0) is 0 Å². The van der Waals surface area contributed by atoms with Crippen LogP contribution in [0.5, 0.6) is 0 Å². The monoisotopic (exact) mass is 171 g/mol. The van der Waals surface area contributed by atoms with Gasteiger partial charge in [-0.05, 0) is 19.1 Å². The number of allylic oxidation sites excluding steroid dienone is 1. The third kappa shape index (κ3) is 22.7. The van der Waals surface area contributed by atoms with Gasteiger partial charge in [0.15, 0.2) is 0 Å². The maximum atomic E-state index is 3.76. The van der Waals surface area contributed by atoms with Gasteiger partial charge in [0.1, 0.15) is 0 Å². The van der Waals surface area contributed by atoms with E-state index in [1.807, 2.05) is 33.8 Å². The van der Waals surface area contributed by atoms with Gasteiger partial charge in [-0.3, -0.25) is 0 Å². The molecule has 0 aromatic rings. The van der Waals surface area contributed by atoms with Gasteiger partial charge in [0.2, 0.25) is 0 Å². The number of hydrogen-bond donors (Lipinski definition) is 0. The van der Waals surface area contributed by atoms with Crippen molar-refractivity contribution in [1.82, 2.24) is 0 Å². The molecule has 1 unspecified atom stereocenters. The third-order valence-corrected chi connectivity index (χ3v) is 1.01. The molecule has 0 aliphatic heterocycles. The van der Waals surface area contributed by atoms with Crippen LogP contribution in [0, 0.1) is 5.92 Å². The van der Waals surface area contributed by atoms with E-state index in [1.165, 1.54) is 0 Å². The Hall–Kier alpha value is -0.590. The van der Waals surface area contributed by atoms with Crippen LogP contribution in [0.3, 0.4) is 0 Å². The zero-order chi connectivity index (χ0) is 10.4. The molecule has 74 valence electrons. The predicted octanol–water partition coefficient (Wildman–Crippen LogP) is 3.95. The van der Waals surface area contributed by atoms with E-state index < -0.39 is 0 Å². The molecule has 0 radical (unpaired) electrons. The van der Waals surface area contributed by atoms with Crippen molar-refractivity contribution in [2.75, 3.05) is 6.54 Å². The van der Waals surface area contributed by atoms with Gasteiger partial charge >= 0.3 is 0 Å². The molecule has 1 atom stereocenters. The van der Waals surface area contributed by atoms with Crippen molar-refractivity contribution in [3.05, 3.63) is 12.7 Å². The molecule has 0 fully saturated rings. The molecule has 0 aromatic carbocycles. The molecule has 0 saturated heterocycles. The minimum absolute atomic E-state index is 0.616. The quantitative estimate of drug-likeness (QED) is 0.448. The first-order chi connectivity index (χ1) is 5.81. The number of hydrogen-bond acceptors (Lipinski definition) is 1. The Balaban J connectivity index is -0.000000175. The van der Waals surface area contributed by atoms with Gasteiger partial charge in [-0.1, -0.05) is 40.7 Å². The summed E-state index contributed by atoms with van der Waals surface area (Å²) in [6.07, 6.45) is 2.95. The fraction of sp³-hybridized carbons (Fsp3) is 0.727. The van der Waals surface area contributed by atoms with Crippen molar-refractivity contribution in [2.24, 2.45) is 10.9 Å². The normalized spacial score (nSPS) is 9.42. The first-order valence-corrected chi connectivity index (χ1v) is 4.84. The van der Waals surface area contributed by atoms with Gasteiger partial charge < -0.3 is 4.99 Å². The lowest BCUT2D eigenvalue weighted by Crippen LogP contribution is -1.95. The predicted molar refractivity (Wildman–Crippen MR) is 61.1 cm³/mol. The summed E-state index contributed by atoms with van der Waals surface area (Å²) in [5.41, 5.74) is 0. The van der Waals surface area contributed by atoms with E-state index in [0.29, 0.717) is 5.92 Å². The minimum atomic E-state index is 0.616. The zero-order valence-corrected chi connectivity index (χ0v) is 9.43. The first-order valence-electron chi connectivity index (χ1n) is 4.84. The number of rotatable bonds is 4. The second-order valence-electron chi connectivity index (χ2n) is 2.04. The van der Waals surface area contributed by atoms with Crippen molar-refractivity contribution in [3.8, 4) is 0 Å². The lowest BCUT2D eigenvalue weighted by atomic mass is 10.1. The highest BCUT2D eigenvalue weighted by Crippen LogP contribution is 2.00. The first kappa shape index (κ1) is 17.5. The Morgan fingerprint density at radius 1 is 1.25 bits per heavy atom. The maximum Gasteiger partial charge on any atom is 0.0410 e. The van der Waals surface area contributed by atoms with Crippen molar-refractivity contribution in [3.63, 3.8) is 0 Å². The van der Waals surface area contributed by atoms with Gasteiger partial charge in [0, 0.05) is 6.54 Å². The molecular formula is C11H25N. The third-order valence-electron chi connectivity index (χ3n) is 1.01. The molecule has 0 saturated carbocycles. The summed E-state index contributed by atoms with van der Waals surface area (Å²) in [6, 6.07) is 0. The molecule has 0 amide bonds. The smallest absolute Gasteiger partial charge is 0.0410 e. The van der Waals surface area contributed by atoms with E-state index in [-0.39, 0.29) is 0 Å². The molecule has 0 bridgehead atoms. The molecule has 0 aliphatic rings. The molecule has 0 heterocycles. The fourth-order valence-corrected chi connectivity index (χ4v) is 0.579. The number of nitrogens with zero attached hydrogens (tertiary/aromatic N) is 1. The van der Waals surface area contributed by atoms with E-state index in [9.17, 15) is 0 Å². The molecule has 0 aromatic heterocycles. The Labute approximate surface area is 78.6 Å². The highest BCUT2D eigenvalue weighted by molar-refractivity contribution is 5.23. The van der Waals surface area contributed by atoms with Crippen LogP contribution >= 0.6 is 0 Å². The molecule has 0 rings (SSSR count). The van der Waals surface area contributed by atoms with Gasteiger partial charge in [0.25, 0.3) is 0 Å². The Morgan fingerprint density at radius 3 is 1.92 bits per heavy atom. The molecular weight excluding hydrogens is 146 g/mol. The van der Waals surface area contributed by atoms with Crippen molar-refractivity contribution in [2.45, 2.75) is 41.0 Å². The van der Waals surface area contributed by atoms with Crippen LogP contribution < -0.4 is 0 Å². The second-order valence-corrected chi connectivity index (χ2v) is 2.04. The fourth-order valence-electron chi connectivity index (χ4n) is 0.579.